The van der Waals surface area contributed by atoms with Gasteiger partial charge in [0.15, 0.2) is 12.2 Å². The molecule has 0 spiro atoms. The van der Waals surface area contributed by atoms with Crippen molar-refractivity contribution in [1.29, 1.82) is 5.41 Å². The number of benzene rings is 2. The number of aliphatic hydroxyl groups excluding tert-OH is 1. The Kier molecular flexibility index (Phi) is 7.49. The van der Waals surface area contributed by atoms with Crippen molar-refractivity contribution in [3.8, 4) is 0 Å². The molecule has 2 atom stereocenters. The molecule has 2 aromatic carbocycles. The minimum Gasteiger partial charge on any atom is -0.384 e. The first-order valence-electron chi connectivity index (χ1n) is 8.90. The maximum absolute atomic E-state index is 13.6. The first-order valence-corrected chi connectivity index (χ1v) is 8.90. The molecule has 3 rings (SSSR count). The number of hydrogen-bond donors (Lipinski definition) is 4. The highest BCUT2D eigenvalue weighted by Crippen LogP contribution is 2.25. The summed E-state index contributed by atoms with van der Waals surface area (Å²) in [5.74, 6) is -2.05. The number of nitrogens with zero attached hydrogens (tertiary/aromatic N) is 1. The molecule has 2 amide bonds. The number of nitrogens with one attached hydrogen (secondary N) is 2. The van der Waals surface area contributed by atoms with Crippen LogP contribution in [0.1, 0.15) is 11.1 Å². The standard InChI is InChI=1S/C20H21FN4O4.ClH/c1-11-2-5-13(21)10-15(11)25-8-9-29-17(20(25)28)16(26)19(27)24-14-6-3-12(4-7-14)18(22)23;/h2-7,10,16-17,26H,8-9H2,1H3,(H3,22,23)(H,24,27);1H/t16?,17-;/m1./s1. The molecule has 160 valence electrons. The van der Waals surface area contributed by atoms with Crippen LogP contribution in [0.2, 0.25) is 0 Å². The van der Waals surface area contributed by atoms with E-state index in [2.05, 4.69) is 5.32 Å². The van der Waals surface area contributed by atoms with Crippen LogP contribution in [0.3, 0.4) is 0 Å². The fourth-order valence-corrected chi connectivity index (χ4v) is 3.03. The Morgan fingerprint density at radius 1 is 1.33 bits per heavy atom. The van der Waals surface area contributed by atoms with E-state index in [0.717, 1.165) is 0 Å². The molecule has 1 aliphatic rings. The number of morpholine rings is 1. The third kappa shape index (κ3) is 4.93. The Labute approximate surface area is 178 Å². The van der Waals surface area contributed by atoms with Gasteiger partial charge in [0, 0.05) is 23.5 Å². The van der Waals surface area contributed by atoms with Crippen LogP contribution in [0.15, 0.2) is 42.5 Å². The van der Waals surface area contributed by atoms with Gasteiger partial charge in [-0.25, -0.2) is 4.39 Å². The lowest BCUT2D eigenvalue weighted by Crippen LogP contribution is -2.55. The van der Waals surface area contributed by atoms with E-state index in [1.54, 1.807) is 25.1 Å². The zero-order valence-electron chi connectivity index (χ0n) is 16.1. The molecule has 5 N–H and O–H groups in total. The van der Waals surface area contributed by atoms with E-state index in [1.165, 1.54) is 29.2 Å². The number of aryl methyl sites for hydroxylation is 1. The lowest BCUT2D eigenvalue weighted by atomic mass is 10.1. The fourth-order valence-electron chi connectivity index (χ4n) is 3.03. The van der Waals surface area contributed by atoms with E-state index in [1.807, 2.05) is 0 Å². The molecule has 1 fully saturated rings. The second-order valence-corrected chi connectivity index (χ2v) is 6.64. The number of carbonyl (C=O) groups excluding carboxylic acids is 2. The van der Waals surface area contributed by atoms with Gasteiger partial charge < -0.3 is 25.8 Å². The topological polar surface area (TPSA) is 129 Å². The van der Waals surface area contributed by atoms with Crippen LogP contribution in [-0.2, 0) is 14.3 Å². The van der Waals surface area contributed by atoms with E-state index in [-0.39, 0.29) is 31.4 Å². The van der Waals surface area contributed by atoms with Crippen molar-refractivity contribution in [2.75, 3.05) is 23.4 Å². The highest BCUT2D eigenvalue weighted by atomic mass is 35.5. The number of rotatable bonds is 5. The maximum atomic E-state index is 13.6. The monoisotopic (exact) mass is 436 g/mol. The SMILES string of the molecule is Cc1ccc(F)cc1N1CCO[C@H](C(O)C(=O)Nc2ccc(C(=N)N)cc2)C1=O.Cl. The molecule has 0 saturated carbocycles. The van der Waals surface area contributed by atoms with Crippen LogP contribution in [0.4, 0.5) is 15.8 Å². The predicted molar refractivity (Wildman–Crippen MR) is 113 cm³/mol. The minimum absolute atomic E-state index is 0. The predicted octanol–water partition coefficient (Wildman–Crippen LogP) is 1.57. The number of anilines is 2. The van der Waals surface area contributed by atoms with Crippen LogP contribution in [0.5, 0.6) is 0 Å². The molecule has 1 heterocycles. The summed E-state index contributed by atoms with van der Waals surface area (Å²) >= 11 is 0. The number of nitrogens with two attached hydrogens (primary N) is 1. The number of amidine groups is 1. The summed E-state index contributed by atoms with van der Waals surface area (Å²) in [5, 5.41) is 20.2. The number of amides is 2. The third-order valence-electron chi connectivity index (χ3n) is 4.60. The highest BCUT2D eigenvalue weighted by Gasteiger charge is 2.39. The van der Waals surface area contributed by atoms with Gasteiger partial charge in [-0.05, 0) is 48.9 Å². The summed E-state index contributed by atoms with van der Waals surface area (Å²) in [6, 6.07) is 10.2. The van der Waals surface area contributed by atoms with Crippen LogP contribution < -0.4 is 16.0 Å². The van der Waals surface area contributed by atoms with Gasteiger partial charge in [-0.2, -0.15) is 0 Å². The number of aliphatic hydroxyl groups is 1. The molecule has 0 aliphatic carbocycles. The first kappa shape index (κ1) is 23.3. The maximum Gasteiger partial charge on any atom is 0.259 e. The molecule has 8 nitrogen and oxygen atoms in total. The molecule has 0 aromatic heterocycles. The number of halogens is 2. The van der Waals surface area contributed by atoms with Gasteiger partial charge in [-0.15, -0.1) is 12.4 Å². The summed E-state index contributed by atoms with van der Waals surface area (Å²) in [6.45, 7) is 2.00. The van der Waals surface area contributed by atoms with Crippen molar-refractivity contribution < 1.29 is 23.8 Å². The zero-order valence-corrected chi connectivity index (χ0v) is 16.9. The number of carbonyl (C=O) groups is 2. The van der Waals surface area contributed by atoms with Crippen LogP contribution in [0, 0.1) is 18.2 Å². The normalized spacial score (nSPS) is 17.1. The van der Waals surface area contributed by atoms with Crippen LogP contribution in [-0.4, -0.2) is 48.1 Å². The zero-order chi connectivity index (χ0) is 21.1. The smallest absolute Gasteiger partial charge is 0.259 e. The summed E-state index contributed by atoms with van der Waals surface area (Å²) in [7, 11) is 0. The van der Waals surface area contributed by atoms with Crippen molar-refractivity contribution in [1.82, 2.24) is 0 Å². The van der Waals surface area contributed by atoms with Gasteiger partial charge in [0.05, 0.1) is 6.61 Å². The Morgan fingerprint density at radius 3 is 2.63 bits per heavy atom. The Hall–Kier alpha value is -3.01. The molecule has 10 heteroatoms. The van der Waals surface area contributed by atoms with E-state index in [9.17, 15) is 19.1 Å². The van der Waals surface area contributed by atoms with Crippen LogP contribution in [0.25, 0.3) is 0 Å². The molecule has 1 saturated heterocycles. The van der Waals surface area contributed by atoms with E-state index < -0.39 is 29.8 Å². The second kappa shape index (κ2) is 9.66. The number of hydrogen-bond acceptors (Lipinski definition) is 5. The molecule has 30 heavy (non-hydrogen) atoms. The van der Waals surface area contributed by atoms with Gasteiger partial charge in [-0.3, -0.25) is 15.0 Å². The quantitative estimate of drug-likeness (QED) is 0.417. The van der Waals surface area contributed by atoms with Crippen molar-refractivity contribution in [2.24, 2.45) is 5.73 Å². The van der Waals surface area contributed by atoms with E-state index >= 15 is 0 Å². The van der Waals surface area contributed by atoms with E-state index in [0.29, 0.717) is 22.5 Å². The van der Waals surface area contributed by atoms with Crippen molar-refractivity contribution in [3.63, 3.8) is 0 Å². The average Bonchev–Trinajstić information content (AvgIpc) is 2.70. The van der Waals surface area contributed by atoms with Crippen molar-refractivity contribution in [3.05, 3.63) is 59.4 Å². The van der Waals surface area contributed by atoms with Gasteiger partial charge in [0.1, 0.15) is 11.7 Å². The minimum atomic E-state index is -1.76. The summed E-state index contributed by atoms with van der Waals surface area (Å²) in [4.78, 5) is 26.5. The molecular weight excluding hydrogens is 415 g/mol. The summed E-state index contributed by atoms with van der Waals surface area (Å²) < 4.78 is 19.0. The molecule has 0 radical (unpaired) electrons. The molecule has 1 unspecified atom stereocenters. The van der Waals surface area contributed by atoms with Crippen molar-refractivity contribution in [2.45, 2.75) is 19.1 Å². The fraction of sp³-hybridized carbons (Fsp3) is 0.250. The molecule has 1 aliphatic heterocycles. The van der Waals surface area contributed by atoms with Gasteiger partial charge in [0.25, 0.3) is 11.8 Å². The van der Waals surface area contributed by atoms with Crippen molar-refractivity contribution >= 4 is 41.4 Å². The van der Waals surface area contributed by atoms with Gasteiger partial charge in [-0.1, -0.05) is 6.07 Å². The summed E-state index contributed by atoms with van der Waals surface area (Å²) in [6.07, 6.45) is -3.17. The Bertz CT molecular complexity index is 954. The lowest BCUT2D eigenvalue weighted by Gasteiger charge is -2.34. The number of ether oxygens (including phenoxy) is 1. The van der Waals surface area contributed by atoms with Gasteiger partial charge in [0.2, 0.25) is 0 Å². The van der Waals surface area contributed by atoms with E-state index in [4.69, 9.17) is 15.9 Å². The third-order valence-corrected chi connectivity index (χ3v) is 4.60. The summed E-state index contributed by atoms with van der Waals surface area (Å²) in [5.41, 5.74) is 7.28. The second-order valence-electron chi connectivity index (χ2n) is 6.64. The number of nitrogen functional groups attached to an aromatic ring is 1. The lowest BCUT2D eigenvalue weighted by molar-refractivity contribution is -0.150. The molecule has 0 bridgehead atoms. The molecular formula is C20H22ClFN4O4. The average molecular weight is 437 g/mol. The highest BCUT2D eigenvalue weighted by molar-refractivity contribution is 6.04. The Balaban J connectivity index is 0.00000320. The van der Waals surface area contributed by atoms with Gasteiger partial charge >= 0.3 is 0 Å². The first-order chi connectivity index (χ1) is 13.8. The molecule has 2 aromatic rings. The Morgan fingerprint density at radius 2 is 2.00 bits per heavy atom. The largest absolute Gasteiger partial charge is 0.384 e. The van der Waals surface area contributed by atoms with Crippen LogP contribution >= 0.6 is 12.4 Å².